The van der Waals surface area contributed by atoms with E-state index in [9.17, 15) is 17.8 Å². The van der Waals surface area contributed by atoms with Crippen molar-refractivity contribution >= 4 is 27.6 Å². The second-order valence-electron chi connectivity index (χ2n) is 7.38. The summed E-state index contributed by atoms with van der Waals surface area (Å²) < 4.78 is 45.7. The molecule has 0 radical (unpaired) electrons. The van der Waals surface area contributed by atoms with Gasteiger partial charge >= 0.3 is 0 Å². The van der Waals surface area contributed by atoms with Gasteiger partial charge in [0, 0.05) is 25.1 Å². The van der Waals surface area contributed by atoms with Gasteiger partial charge in [0.15, 0.2) is 0 Å². The van der Waals surface area contributed by atoms with Gasteiger partial charge in [-0.2, -0.15) is 4.39 Å². The van der Waals surface area contributed by atoms with E-state index < -0.39 is 16.9 Å². The van der Waals surface area contributed by atoms with Crippen molar-refractivity contribution < 1.29 is 13.0 Å². The highest BCUT2D eigenvalue weighted by molar-refractivity contribution is 7.85. The van der Waals surface area contributed by atoms with E-state index >= 15 is 0 Å². The third-order valence-corrected chi connectivity index (χ3v) is 5.51. The average molecular weight is 442 g/mol. The van der Waals surface area contributed by atoms with Gasteiger partial charge in [0.2, 0.25) is 5.95 Å². The number of pyridine rings is 1. The number of aromatic nitrogens is 3. The lowest BCUT2D eigenvalue weighted by molar-refractivity contribution is 0.549. The summed E-state index contributed by atoms with van der Waals surface area (Å²) in [6.45, 7) is 1.95. The van der Waals surface area contributed by atoms with E-state index in [1.807, 2.05) is 0 Å². The highest BCUT2D eigenvalue weighted by Crippen LogP contribution is 2.33. The van der Waals surface area contributed by atoms with Gasteiger partial charge in [-0.15, -0.1) is 5.10 Å². The minimum atomic E-state index is -1.44. The van der Waals surface area contributed by atoms with Gasteiger partial charge in [0.05, 0.1) is 23.1 Å². The number of anilines is 1. The summed E-state index contributed by atoms with van der Waals surface area (Å²) in [5, 5.41) is 4.23. The molecular weight excluding hydrogens is 422 g/mol. The first kappa shape index (κ1) is 20.9. The Morgan fingerprint density at radius 2 is 1.81 bits per heavy atom. The molecule has 0 amide bonds. The van der Waals surface area contributed by atoms with Crippen LogP contribution in [0, 0.1) is 18.7 Å². The van der Waals surface area contributed by atoms with Crippen molar-refractivity contribution in [3.05, 3.63) is 81.9 Å². The van der Waals surface area contributed by atoms with E-state index in [-0.39, 0.29) is 23.3 Å². The van der Waals surface area contributed by atoms with Crippen LogP contribution in [0.4, 0.5) is 14.5 Å². The summed E-state index contributed by atoms with van der Waals surface area (Å²) in [7, 11) is 0.223. The Kier molecular flexibility index (Phi) is 5.45. The Hall–Kier alpha value is -3.33. The van der Waals surface area contributed by atoms with Crippen LogP contribution in [0.3, 0.4) is 0 Å². The molecule has 0 aliphatic rings. The van der Waals surface area contributed by atoms with E-state index in [0.29, 0.717) is 22.3 Å². The molecule has 31 heavy (non-hydrogen) atoms. The first-order chi connectivity index (χ1) is 14.7. The normalized spacial score (nSPS) is 12.3. The zero-order chi connectivity index (χ0) is 22.3. The smallest absolute Gasteiger partial charge is 0.253 e. The maximum absolute atomic E-state index is 14.8. The van der Waals surface area contributed by atoms with E-state index in [1.165, 1.54) is 27.6 Å². The Bertz CT molecular complexity index is 1350. The topological polar surface area (TPSA) is 68.9 Å². The molecule has 4 aromatic rings. The van der Waals surface area contributed by atoms with Gasteiger partial charge in [0.1, 0.15) is 16.8 Å². The van der Waals surface area contributed by atoms with Crippen LogP contribution in [0.2, 0.25) is 0 Å². The zero-order valence-electron chi connectivity index (χ0n) is 17.1. The molecule has 2 heterocycles. The Morgan fingerprint density at radius 1 is 1.10 bits per heavy atom. The molecule has 0 saturated carbocycles. The lowest BCUT2D eigenvalue weighted by Crippen LogP contribution is -2.18. The Morgan fingerprint density at radius 3 is 2.45 bits per heavy atom. The van der Waals surface area contributed by atoms with E-state index in [2.05, 4.69) is 9.82 Å². The van der Waals surface area contributed by atoms with Crippen molar-refractivity contribution in [2.45, 2.75) is 13.5 Å². The molecule has 160 valence electrons. The molecule has 0 aliphatic heterocycles. The predicted octanol–water partition coefficient (Wildman–Crippen LogP) is 3.74. The van der Waals surface area contributed by atoms with Crippen molar-refractivity contribution in [2.75, 3.05) is 11.0 Å². The lowest BCUT2D eigenvalue weighted by atomic mass is 10.0. The molecule has 0 bridgehead atoms. The van der Waals surface area contributed by atoms with Crippen molar-refractivity contribution in [1.29, 1.82) is 0 Å². The molecule has 0 spiro atoms. The van der Waals surface area contributed by atoms with Gasteiger partial charge in [-0.3, -0.25) is 9.48 Å². The van der Waals surface area contributed by atoms with Gasteiger partial charge in [-0.25, -0.2) is 8.60 Å². The fourth-order valence-corrected chi connectivity index (χ4v) is 4.05. The van der Waals surface area contributed by atoms with E-state index in [1.54, 1.807) is 50.5 Å². The number of hydrogen-bond acceptors (Lipinski definition) is 3. The summed E-state index contributed by atoms with van der Waals surface area (Å²) >= 11 is 0. The van der Waals surface area contributed by atoms with Crippen molar-refractivity contribution in [3.63, 3.8) is 0 Å². The standard InChI is InChI=1S/C22H20F2N4O2S/c1-13-8-16(12-27(2)22(13)29)15-9-18(26-31(3)30)20-19(10-15)28(25-21(20)24)11-14-4-6-17(23)7-5-14/h4-10,12,26H,11H2,1-3H3. The molecule has 0 fully saturated rings. The molecule has 2 aromatic carbocycles. The molecule has 1 atom stereocenters. The number of rotatable bonds is 5. The van der Waals surface area contributed by atoms with Crippen LogP contribution in [-0.2, 0) is 24.6 Å². The summed E-state index contributed by atoms with van der Waals surface area (Å²) in [6, 6.07) is 11.1. The first-order valence-corrected chi connectivity index (χ1v) is 11.0. The molecular formula is C22H20F2N4O2S. The second kappa shape index (κ2) is 8.07. The number of aryl methyl sites for hydroxylation is 2. The highest BCUT2D eigenvalue weighted by atomic mass is 32.2. The maximum atomic E-state index is 14.8. The summed E-state index contributed by atoms with van der Waals surface area (Å²) in [5.74, 6) is -1.06. The summed E-state index contributed by atoms with van der Waals surface area (Å²) in [4.78, 5) is 12.1. The molecule has 9 heteroatoms. The Balaban J connectivity index is 1.93. The van der Waals surface area contributed by atoms with Gasteiger partial charge in [-0.1, -0.05) is 12.1 Å². The van der Waals surface area contributed by atoms with E-state index in [4.69, 9.17) is 0 Å². The zero-order valence-corrected chi connectivity index (χ0v) is 18.0. The third kappa shape index (κ3) is 4.13. The number of fused-ring (bicyclic) bond motifs is 1. The monoisotopic (exact) mass is 442 g/mol. The van der Waals surface area contributed by atoms with Crippen molar-refractivity contribution in [3.8, 4) is 11.1 Å². The number of hydrogen-bond donors (Lipinski definition) is 1. The minimum absolute atomic E-state index is 0.106. The van der Waals surface area contributed by atoms with Crippen LogP contribution >= 0.6 is 0 Å². The quantitative estimate of drug-likeness (QED) is 0.512. The fourth-order valence-electron chi connectivity index (χ4n) is 3.58. The highest BCUT2D eigenvalue weighted by Gasteiger charge is 2.18. The maximum Gasteiger partial charge on any atom is 0.253 e. The minimum Gasteiger partial charge on any atom is -0.318 e. The number of nitrogens with one attached hydrogen (secondary N) is 1. The van der Waals surface area contributed by atoms with Crippen LogP contribution in [0.15, 0.2) is 53.5 Å². The third-order valence-electron chi connectivity index (χ3n) is 5.01. The average Bonchev–Trinajstić information content (AvgIpc) is 3.02. The van der Waals surface area contributed by atoms with Crippen LogP contribution in [0.5, 0.6) is 0 Å². The second-order valence-corrected chi connectivity index (χ2v) is 8.49. The largest absolute Gasteiger partial charge is 0.318 e. The van der Waals surface area contributed by atoms with Crippen LogP contribution in [-0.4, -0.2) is 24.8 Å². The van der Waals surface area contributed by atoms with Crippen LogP contribution < -0.4 is 10.3 Å². The molecule has 1 unspecified atom stereocenters. The molecule has 4 rings (SSSR count). The molecule has 2 aromatic heterocycles. The summed E-state index contributed by atoms with van der Waals surface area (Å²) in [5.41, 5.74) is 3.50. The molecule has 0 saturated heterocycles. The van der Waals surface area contributed by atoms with Crippen molar-refractivity contribution in [1.82, 2.24) is 14.3 Å². The van der Waals surface area contributed by atoms with Crippen LogP contribution in [0.25, 0.3) is 22.0 Å². The molecule has 6 nitrogen and oxygen atoms in total. The number of benzene rings is 2. The number of nitrogens with zero attached hydrogens (tertiary/aromatic N) is 3. The van der Waals surface area contributed by atoms with E-state index in [0.717, 1.165) is 11.1 Å². The van der Waals surface area contributed by atoms with Crippen molar-refractivity contribution in [2.24, 2.45) is 7.05 Å². The van der Waals surface area contributed by atoms with Crippen LogP contribution in [0.1, 0.15) is 11.1 Å². The first-order valence-electron chi connectivity index (χ1n) is 9.45. The lowest BCUT2D eigenvalue weighted by Gasteiger charge is -2.12. The predicted molar refractivity (Wildman–Crippen MR) is 118 cm³/mol. The fraction of sp³-hybridized carbons (Fsp3) is 0.182. The SMILES string of the molecule is Cc1cc(-c2cc(NS(C)=O)c3c(F)nn(Cc4ccc(F)cc4)c3c2)cn(C)c1=O. The van der Waals surface area contributed by atoms with Gasteiger partial charge in [0.25, 0.3) is 5.56 Å². The molecule has 0 aliphatic carbocycles. The van der Waals surface area contributed by atoms with Gasteiger partial charge in [-0.05, 0) is 53.9 Å². The number of halogens is 2. The Labute approximate surface area is 179 Å². The van der Waals surface area contributed by atoms with Gasteiger partial charge < -0.3 is 9.29 Å². The molecule has 1 N–H and O–H groups in total. The summed E-state index contributed by atoms with van der Waals surface area (Å²) in [6.07, 6.45) is 3.15.